The van der Waals surface area contributed by atoms with Gasteiger partial charge in [-0.15, -0.1) is 0 Å². The van der Waals surface area contributed by atoms with Gasteiger partial charge in [0.15, 0.2) is 11.5 Å². The van der Waals surface area contributed by atoms with Crippen molar-refractivity contribution in [3.05, 3.63) is 35.4 Å². The molecule has 0 aromatic carbocycles. The summed E-state index contributed by atoms with van der Waals surface area (Å²) in [6.07, 6.45) is 4.16. The summed E-state index contributed by atoms with van der Waals surface area (Å²) in [6.45, 7) is 1.92. The van der Waals surface area contributed by atoms with Crippen molar-refractivity contribution >= 4 is 23.5 Å². The molecule has 11 nitrogen and oxygen atoms in total. The average molecular weight is 483 g/mol. The van der Waals surface area contributed by atoms with Gasteiger partial charge in [-0.2, -0.15) is 10.4 Å². The first-order valence-electron chi connectivity index (χ1n) is 11.7. The van der Waals surface area contributed by atoms with Gasteiger partial charge in [0.2, 0.25) is 5.95 Å². The topological polar surface area (TPSA) is 153 Å². The number of amides is 1. The molecule has 35 heavy (non-hydrogen) atoms. The average Bonchev–Trinajstić information content (AvgIpc) is 3.23. The van der Waals surface area contributed by atoms with E-state index in [1.54, 1.807) is 22.9 Å². The fraction of sp³-hybridized carbons (Fsp3) is 0.522. The second kappa shape index (κ2) is 9.14. The minimum Gasteiger partial charge on any atom is -0.443 e. The molecule has 0 saturated heterocycles. The maximum Gasteiger partial charge on any atom is 0.407 e. The molecule has 0 bridgehead atoms. The number of anilines is 2. The third-order valence-corrected chi connectivity index (χ3v) is 6.71. The van der Waals surface area contributed by atoms with E-state index >= 15 is 4.39 Å². The predicted molar refractivity (Wildman–Crippen MR) is 123 cm³/mol. The number of hydrogen-bond donors (Lipinski definition) is 4. The number of carbonyl (C=O) groups is 1. The molecule has 184 valence electrons. The predicted octanol–water partition coefficient (Wildman–Crippen LogP) is 2.86. The van der Waals surface area contributed by atoms with Crippen molar-refractivity contribution in [2.24, 2.45) is 0 Å². The van der Waals surface area contributed by atoms with Crippen LogP contribution in [0.15, 0.2) is 18.5 Å². The largest absolute Gasteiger partial charge is 0.443 e. The van der Waals surface area contributed by atoms with Gasteiger partial charge in [0.05, 0.1) is 5.69 Å². The summed E-state index contributed by atoms with van der Waals surface area (Å²) < 4.78 is 22.2. The van der Waals surface area contributed by atoms with E-state index in [4.69, 9.17) is 4.74 Å². The molecule has 4 N–H and O–H groups in total. The van der Waals surface area contributed by atoms with Crippen LogP contribution in [0.3, 0.4) is 0 Å². The van der Waals surface area contributed by atoms with Crippen LogP contribution in [0.1, 0.15) is 61.9 Å². The molecule has 3 atom stereocenters. The highest BCUT2D eigenvalue weighted by molar-refractivity contribution is 5.69. The van der Waals surface area contributed by atoms with Crippen molar-refractivity contribution < 1.29 is 19.0 Å². The van der Waals surface area contributed by atoms with Gasteiger partial charge < -0.3 is 20.5 Å². The lowest BCUT2D eigenvalue weighted by molar-refractivity contribution is 0.0546. The molecule has 5 rings (SSSR count). The number of carbonyl (C=O) groups excluding carboxylic acids is 1. The molecular weight excluding hydrogens is 455 g/mol. The zero-order chi connectivity index (χ0) is 24.6. The Balaban J connectivity index is 1.30. The van der Waals surface area contributed by atoms with Crippen LogP contribution in [0, 0.1) is 11.3 Å². The number of aliphatic hydroxyl groups is 1. The number of H-pyrrole nitrogens is 1. The van der Waals surface area contributed by atoms with E-state index in [2.05, 4.69) is 36.9 Å². The third kappa shape index (κ3) is 4.64. The highest BCUT2D eigenvalue weighted by Crippen LogP contribution is 2.39. The van der Waals surface area contributed by atoms with E-state index in [-0.39, 0.29) is 12.1 Å². The molecule has 0 spiro atoms. The van der Waals surface area contributed by atoms with Gasteiger partial charge in [-0.05, 0) is 45.4 Å². The first-order chi connectivity index (χ1) is 16.9. The molecule has 1 amide bonds. The van der Waals surface area contributed by atoms with Crippen molar-refractivity contribution in [2.45, 2.75) is 69.2 Å². The zero-order valence-corrected chi connectivity index (χ0v) is 19.3. The van der Waals surface area contributed by atoms with Gasteiger partial charge in [-0.1, -0.05) is 0 Å². The van der Waals surface area contributed by atoms with Crippen LogP contribution in [0.2, 0.25) is 0 Å². The SMILES string of the molecule is CC1(NC(=O)O[C@H]2CC[C@@H](c3cc(Nc4nc(CCCO)c(C#N)c5nccn45)n[nH]3)[C@H]2F)CC1. The maximum atomic E-state index is 15.2. The van der Waals surface area contributed by atoms with Crippen LogP contribution in [0.4, 0.5) is 21.0 Å². The number of alkyl carbamates (subject to hydrolysis) is 1. The van der Waals surface area contributed by atoms with Crippen LogP contribution in [-0.4, -0.2) is 60.2 Å². The molecule has 3 heterocycles. The van der Waals surface area contributed by atoms with Crippen LogP contribution in [0.5, 0.6) is 0 Å². The maximum absolute atomic E-state index is 15.2. The molecule has 0 radical (unpaired) electrons. The Morgan fingerprint density at radius 1 is 1.46 bits per heavy atom. The number of ether oxygens (including phenoxy) is 1. The molecule has 3 aromatic rings. The van der Waals surface area contributed by atoms with E-state index in [0.29, 0.717) is 60.0 Å². The first kappa shape index (κ1) is 23.0. The number of aromatic amines is 1. The van der Waals surface area contributed by atoms with Gasteiger partial charge in [0.25, 0.3) is 0 Å². The number of nitriles is 1. The number of rotatable bonds is 8. The number of hydrogen-bond acceptors (Lipinski definition) is 8. The normalized spacial score (nSPS) is 22.6. The second-order valence-corrected chi connectivity index (χ2v) is 9.41. The van der Waals surface area contributed by atoms with E-state index < -0.39 is 24.3 Å². The number of aryl methyl sites for hydroxylation is 1. The van der Waals surface area contributed by atoms with Crippen LogP contribution < -0.4 is 10.6 Å². The Morgan fingerprint density at radius 2 is 2.29 bits per heavy atom. The Kier molecular flexibility index (Phi) is 6.02. The summed E-state index contributed by atoms with van der Waals surface area (Å²) in [5, 5.41) is 31.8. The van der Waals surface area contributed by atoms with E-state index in [1.165, 1.54) is 0 Å². The highest BCUT2D eigenvalue weighted by atomic mass is 19.1. The Labute approximate surface area is 200 Å². The monoisotopic (exact) mass is 482 g/mol. The number of nitrogens with one attached hydrogen (secondary N) is 3. The lowest BCUT2D eigenvalue weighted by atomic mass is 10.0. The summed E-state index contributed by atoms with van der Waals surface area (Å²) in [7, 11) is 0. The molecule has 2 fully saturated rings. The molecule has 3 aromatic heterocycles. The van der Waals surface area contributed by atoms with E-state index in [9.17, 15) is 15.2 Å². The van der Waals surface area contributed by atoms with Crippen molar-refractivity contribution in [1.82, 2.24) is 29.9 Å². The summed E-state index contributed by atoms with van der Waals surface area (Å²) in [5.41, 5.74) is 1.71. The van der Waals surface area contributed by atoms with Crippen LogP contribution in [-0.2, 0) is 11.2 Å². The number of imidazole rings is 1. The third-order valence-electron chi connectivity index (χ3n) is 6.71. The molecule has 12 heteroatoms. The summed E-state index contributed by atoms with van der Waals surface area (Å²) in [6, 6.07) is 3.85. The number of nitrogens with zero attached hydrogens (tertiary/aromatic N) is 5. The number of fused-ring (bicyclic) bond motifs is 1. The number of aliphatic hydroxyl groups excluding tert-OH is 1. The lowest BCUT2D eigenvalue weighted by Gasteiger charge is -2.19. The van der Waals surface area contributed by atoms with Crippen LogP contribution in [0.25, 0.3) is 5.65 Å². The van der Waals surface area contributed by atoms with Crippen molar-refractivity contribution in [2.75, 3.05) is 11.9 Å². The van der Waals surface area contributed by atoms with E-state index in [0.717, 1.165) is 12.8 Å². The van der Waals surface area contributed by atoms with Crippen molar-refractivity contribution in [1.29, 1.82) is 5.26 Å². The number of alkyl halides is 1. The first-order valence-corrected chi connectivity index (χ1v) is 11.7. The second-order valence-electron chi connectivity index (χ2n) is 9.41. The minimum atomic E-state index is -1.35. The molecule has 0 aliphatic heterocycles. The lowest BCUT2D eigenvalue weighted by Crippen LogP contribution is -2.38. The molecule has 2 saturated carbocycles. The van der Waals surface area contributed by atoms with Gasteiger partial charge >= 0.3 is 6.09 Å². The summed E-state index contributed by atoms with van der Waals surface area (Å²) >= 11 is 0. The van der Waals surface area contributed by atoms with Crippen molar-refractivity contribution in [3.63, 3.8) is 0 Å². The fourth-order valence-corrected chi connectivity index (χ4v) is 4.46. The summed E-state index contributed by atoms with van der Waals surface area (Å²) in [5.74, 6) is 0.350. The Hall–Kier alpha value is -3.72. The Bertz CT molecular complexity index is 1280. The quantitative estimate of drug-likeness (QED) is 0.382. The molecule has 2 aliphatic carbocycles. The number of halogens is 1. The highest BCUT2D eigenvalue weighted by Gasteiger charge is 2.43. The van der Waals surface area contributed by atoms with E-state index in [1.807, 2.05) is 6.92 Å². The van der Waals surface area contributed by atoms with Gasteiger partial charge in [-0.3, -0.25) is 9.50 Å². The number of aromatic nitrogens is 5. The minimum absolute atomic E-state index is 0.0187. The Morgan fingerprint density at radius 3 is 3.03 bits per heavy atom. The molecular formula is C23H27FN8O3. The fourth-order valence-electron chi connectivity index (χ4n) is 4.46. The zero-order valence-electron chi connectivity index (χ0n) is 19.3. The van der Waals surface area contributed by atoms with Gasteiger partial charge in [0, 0.05) is 42.2 Å². The summed E-state index contributed by atoms with van der Waals surface area (Å²) in [4.78, 5) is 20.9. The molecule has 0 unspecified atom stereocenters. The van der Waals surface area contributed by atoms with Crippen LogP contribution >= 0.6 is 0 Å². The van der Waals surface area contributed by atoms with Gasteiger partial charge in [-0.25, -0.2) is 19.2 Å². The standard InChI is InChI=1S/C23H27FN8O3/c1-23(6-7-23)29-22(34)35-17-5-4-13(19(17)24)16-11-18(31-30-16)28-21-27-15(3-2-10-33)14(12-25)20-26-8-9-32(20)21/h8-9,11,13,17,19,33H,2-7,10H2,1H3,(H,29,34)(H2,27,28,30,31)/t13-,17-,19+/m0/s1. The molecule has 2 aliphatic rings. The smallest absolute Gasteiger partial charge is 0.407 e. The van der Waals surface area contributed by atoms with Crippen molar-refractivity contribution in [3.8, 4) is 6.07 Å². The van der Waals surface area contributed by atoms with Gasteiger partial charge in [0.1, 0.15) is 23.9 Å².